The second-order valence-corrected chi connectivity index (χ2v) is 9.88. The predicted octanol–water partition coefficient (Wildman–Crippen LogP) is 3.52. The summed E-state index contributed by atoms with van der Waals surface area (Å²) >= 11 is 7.79. The fraction of sp³-hybridized carbons (Fsp3) is 0.429. The monoisotopic (exact) mass is 446 g/mol. The molecule has 4 heterocycles. The van der Waals surface area contributed by atoms with Gasteiger partial charge in [0.05, 0.1) is 35.4 Å². The highest BCUT2D eigenvalue weighted by Crippen LogP contribution is 2.51. The molecule has 0 bridgehead atoms. The molecule has 9 heteroatoms. The van der Waals surface area contributed by atoms with Gasteiger partial charge in [-0.15, -0.1) is 16.4 Å². The molecule has 3 aromatic rings. The van der Waals surface area contributed by atoms with E-state index in [-0.39, 0.29) is 24.4 Å². The van der Waals surface area contributed by atoms with Gasteiger partial charge in [-0.05, 0) is 37.1 Å². The zero-order valence-electron chi connectivity index (χ0n) is 16.5. The number of hydrogen-bond donors (Lipinski definition) is 3. The van der Waals surface area contributed by atoms with Gasteiger partial charge in [-0.2, -0.15) is 0 Å². The Bertz CT molecular complexity index is 1070. The van der Waals surface area contributed by atoms with Crippen LogP contribution in [0.15, 0.2) is 36.5 Å². The van der Waals surface area contributed by atoms with E-state index in [1.807, 2.05) is 24.4 Å². The molecule has 1 saturated heterocycles. The lowest BCUT2D eigenvalue weighted by Gasteiger charge is -2.46. The number of nitrogens with zero attached hydrogens (tertiary/aromatic N) is 3. The summed E-state index contributed by atoms with van der Waals surface area (Å²) in [5.74, 6) is 0.236. The smallest absolute Gasteiger partial charge is 0.115 e. The highest BCUT2D eigenvalue weighted by atomic mass is 35.5. The molecule has 0 radical (unpaired) electrons. The van der Waals surface area contributed by atoms with Crippen LogP contribution in [0, 0.1) is 0 Å². The Hall–Kier alpha value is -1.97. The molecule has 2 aliphatic rings. The standard InChI is InChI=1S/C21H23ClN4O3S/c1-12-7-21(20-15(6-19(22)30-20)18(28)11-29-21)8-16(23-12)17-10-26(25-24-17)9-13-3-2-4-14(27)5-13/h2-6,10,12,16,18,23,27-28H,7-9,11H2,1H3/t12-,16-,18+,21-/m0/s1. The van der Waals surface area contributed by atoms with Gasteiger partial charge in [0.15, 0.2) is 0 Å². The van der Waals surface area contributed by atoms with Crippen LogP contribution in [-0.4, -0.2) is 37.9 Å². The van der Waals surface area contributed by atoms with Crippen LogP contribution in [0.2, 0.25) is 4.34 Å². The van der Waals surface area contributed by atoms with Crippen molar-refractivity contribution in [2.75, 3.05) is 6.61 Å². The van der Waals surface area contributed by atoms with Gasteiger partial charge in [0.2, 0.25) is 0 Å². The van der Waals surface area contributed by atoms with Gasteiger partial charge in [0, 0.05) is 22.9 Å². The first-order chi connectivity index (χ1) is 14.4. The SMILES string of the molecule is C[C@H]1C[C@@]2(C[C@@H](c3cn(Cc4cccc(O)c4)nn3)N1)OC[C@@H](O)c1cc(Cl)sc12. The maximum Gasteiger partial charge on any atom is 0.115 e. The number of aromatic hydroxyl groups is 1. The van der Waals surface area contributed by atoms with Crippen molar-refractivity contribution in [3.05, 3.63) is 62.6 Å². The quantitative estimate of drug-likeness (QED) is 0.570. The summed E-state index contributed by atoms with van der Waals surface area (Å²) in [6.07, 6.45) is 2.80. The Balaban J connectivity index is 1.41. The van der Waals surface area contributed by atoms with Crippen molar-refractivity contribution in [2.24, 2.45) is 0 Å². The van der Waals surface area contributed by atoms with Crippen LogP contribution in [-0.2, 0) is 16.9 Å². The van der Waals surface area contributed by atoms with Crippen molar-refractivity contribution in [3.8, 4) is 5.75 Å². The van der Waals surface area contributed by atoms with Gasteiger partial charge < -0.3 is 20.3 Å². The van der Waals surface area contributed by atoms with Gasteiger partial charge in [-0.3, -0.25) is 0 Å². The van der Waals surface area contributed by atoms with Crippen LogP contribution >= 0.6 is 22.9 Å². The van der Waals surface area contributed by atoms with Gasteiger partial charge >= 0.3 is 0 Å². The van der Waals surface area contributed by atoms with Gasteiger partial charge in [-0.1, -0.05) is 28.9 Å². The second-order valence-electron chi connectivity index (χ2n) is 8.20. The van der Waals surface area contributed by atoms with Gasteiger partial charge in [-0.25, -0.2) is 4.68 Å². The number of fused-ring (bicyclic) bond motifs is 2. The maximum atomic E-state index is 10.4. The number of hydrogen-bond acceptors (Lipinski definition) is 7. The fourth-order valence-electron chi connectivity index (χ4n) is 4.63. The first-order valence-electron chi connectivity index (χ1n) is 9.97. The van der Waals surface area contributed by atoms with Crippen molar-refractivity contribution < 1.29 is 14.9 Å². The summed E-state index contributed by atoms with van der Waals surface area (Å²) in [5.41, 5.74) is 2.20. The molecule has 0 amide bonds. The predicted molar refractivity (Wildman–Crippen MR) is 114 cm³/mol. The number of rotatable bonds is 3. The third kappa shape index (κ3) is 3.63. The average molecular weight is 447 g/mol. The number of phenols is 1. The van der Waals surface area contributed by atoms with E-state index in [0.29, 0.717) is 17.3 Å². The Morgan fingerprint density at radius 3 is 3.07 bits per heavy atom. The van der Waals surface area contributed by atoms with Crippen molar-refractivity contribution in [1.82, 2.24) is 20.3 Å². The highest BCUT2D eigenvalue weighted by molar-refractivity contribution is 7.16. The number of aliphatic hydroxyl groups is 1. The van der Waals surface area contributed by atoms with Gasteiger partial charge in [0.25, 0.3) is 0 Å². The molecule has 1 spiro atoms. The third-order valence-corrected chi connectivity index (χ3v) is 7.31. The molecule has 1 fully saturated rings. The van der Waals surface area contributed by atoms with Crippen molar-refractivity contribution in [2.45, 2.75) is 50.1 Å². The highest BCUT2D eigenvalue weighted by Gasteiger charge is 2.48. The third-order valence-electron chi connectivity index (χ3n) is 5.85. The number of aromatic nitrogens is 3. The number of aliphatic hydroxyl groups excluding tert-OH is 1. The van der Waals surface area contributed by atoms with E-state index >= 15 is 0 Å². The molecule has 2 aromatic heterocycles. The lowest BCUT2D eigenvalue weighted by atomic mass is 9.79. The molecular weight excluding hydrogens is 424 g/mol. The summed E-state index contributed by atoms with van der Waals surface area (Å²) in [6, 6.07) is 9.16. The molecule has 5 rings (SSSR count). The van der Waals surface area contributed by atoms with Crippen molar-refractivity contribution >= 4 is 22.9 Å². The lowest BCUT2D eigenvalue weighted by molar-refractivity contribution is -0.129. The Labute approximate surface area is 183 Å². The molecule has 4 atom stereocenters. The summed E-state index contributed by atoms with van der Waals surface area (Å²) in [7, 11) is 0. The molecule has 158 valence electrons. The Morgan fingerprint density at radius 1 is 1.37 bits per heavy atom. The first-order valence-corrected chi connectivity index (χ1v) is 11.2. The molecule has 30 heavy (non-hydrogen) atoms. The number of halogens is 1. The molecule has 7 nitrogen and oxygen atoms in total. The van der Waals surface area contributed by atoms with Crippen LogP contribution in [0.4, 0.5) is 0 Å². The minimum Gasteiger partial charge on any atom is -0.508 e. The van der Waals surface area contributed by atoms with E-state index in [1.165, 1.54) is 11.3 Å². The normalized spacial score (nSPS) is 28.6. The molecular formula is C21H23ClN4O3S. The summed E-state index contributed by atoms with van der Waals surface area (Å²) in [6.45, 7) is 2.93. The van der Waals surface area contributed by atoms with Crippen LogP contribution in [0.5, 0.6) is 5.75 Å². The number of ether oxygens (including phenoxy) is 1. The van der Waals surface area contributed by atoms with Gasteiger partial charge in [0.1, 0.15) is 17.5 Å². The van der Waals surface area contributed by atoms with E-state index in [4.69, 9.17) is 16.3 Å². The van der Waals surface area contributed by atoms with E-state index in [9.17, 15) is 10.2 Å². The largest absolute Gasteiger partial charge is 0.508 e. The first kappa shape index (κ1) is 20.0. The number of thiophene rings is 1. The van der Waals surface area contributed by atoms with E-state index in [2.05, 4.69) is 22.6 Å². The van der Waals surface area contributed by atoms with E-state index < -0.39 is 11.7 Å². The lowest BCUT2D eigenvalue weighted by Crippen LogP contribution is -2.50. The molecule has 3 N–H and O–H groups in total. The summed E-state index contributed by atoms with van der Waals surface area (Å²) in [4.78, 5) is 1.02. The molecule has 0 aliphatic carbocycles. The number of benzene rings is 1. The second kappa shape index (κ2) is 7.62. The molecule has 0 unspecified atom stereocenters. The number of phenolic OH excluding ortho intramolecular Hbond substituents is 1. The van der Waals surface area contributed by atoms with Crippen molar-refractivity contribution in [3.63, 3.8) is 0 Å². The topological polar surface area (TPSA) is 92.4 Å². The van der Waals surface area contributed by atoms with Crippen LogP contribution < -0.4 is 5.32 Å². The Morgan fingerprint density at radius 2 is 2.23 bits per heavy atom. The summed E-state index contributed by atoms with van der Waals surface area (Å²) in [5, 5.41) is 32.3. The molecule has 0 saturated carbocycles. The fourth-order valence-corrected chi connectivity index (χ4v) is 6.08. The summed E-state index contributed by atoms with van der Waals surface area (Å²) < 4.78 is 8.72. The molecule has 1 aromatic carbocycles. The van der Waals surface area contributed by atoms with E-state index in [1.54, 1.807) is 16.8 Å². The Kier molecular flexibility index (Phi) is 5.07. The van der Waals surface area contributed by atoms with Crippen LogP contribution in [0.1, 0.15) is 53.6 Å². The van der Waals surface area contributed by atoms with E-state index in [0.717, 1.165) is 28.1 Å². The van der Waals surface area contributed by atoms with Crippen molar-refractivity contribution in [1.29, 1.82) is 0 Å². The minimum atomic E-state index is -0.638. The number of piperidine rings is 1. The van der Waals surface area contributed by atoms with Crippen LogP contribution in [0.3, 0.4) is 0 Å². The minimum absolute atomic E-state index is 0.0318. The zero-order chi connectivity index (χ0) is 20.9. The number of nitrogens with one attached hydrogen (secondary N) is 1. The molecule has 2 aliphatic heterocycles. The maximum absolute atomic E-state index is 10.4. The van der Waals surface area contributed by atoms with Crippen LogP contribution in [0.25, 0.3) is 0 Å². The zero-order valence-corrected chi connectivity index (χ0v) is 18.0. The average Bonchev–Trinajstić information content (AvgIpc) is 3.32.